The number of hydrogen-bond donors (Lipinski definition) is 2. The molecule has 31 heavy (non-hydrogen) atoms. The fourth-order valence-corrected chi connectivity index (χ4v) is 4.84. The Kier molecular flexibility index (Phi) is 5.69. The zero-order valence-electron chi connectivity index (χ0n) is 16.9. The lowest BCUT2D eigenvalue weighted by Gasteiger charge is -2.14. The first-order chi connectivity index (χ1) is 14.8. The van der Waals surface area contributed by atoms with Gasteiger partial charge in [-0.3, -0.25) is 9.78 Å². The first kappa shape index (κ1) is 21.3. The summed E-state index contributed by atoms with van der Waals surface area (Å²) in [7, 11) is -3.82. The van der Waals surface area contributed by atoms with Gasteiger partial charge >= 0.3 is 0 Å². The number of sulfonamides is 1. The van der Waals surface area contributed by atoms with Crippen molar-refractivity contribution in [2.45, 2.75) is 35.7 Å². The van der Waals surface area contributed by atoms with Crippen LogP contribution in [0.25, 0.3) is 21.9 Å². The second-order valence-electron chi connectivity index (χ2n) is 6.96. The molecule has 2 heterocycles. The third-order valence-corrected chi connectivity index (χ3v) is 6.89. The SMILES string of the molecule is CCn1c(SC(C)C(=O)Nc2cccc3ncccc23)nc2cc(S(N)(=O)=O)ccc21. The summed E-state index contributed by atoms with van der Waals surface area (Å²) in [4.78, 5) is 21.7. The van der Waals surface area contributed by atoms with Crippen LogP contribution >= 0.6 is 11.8 Å². The number of aromatic nitrogens is 3. The van der Waals surface area contributed by atoms with E-state index in [1.165, 1.54) is 23.9 Å². The first-order valence-electron chi connectivity index (χ1n) is 9.62. The number of aryl methyl sites for hydroxylation is 1. The Labute approximate surface area is 183 Å². The van der Waals surface area contributed by atoms with Crippen LogP contribution in [0.15, 0.2) is 64.8 Å². The predicted molar refractivity (Wildman–Crippen MR) is 122 cm³/mol. The molecule has 0 fully saturated rings. The van der Waals surface area contributed by atoms with E-state index in [1.54, 1.807) is 19.2 Å². The van der Waals surface area contributed by atoms with E-state index < -0.39 is 15.3 Å². The van der Waals surface area contributed by atoms with Gasteiger partial charge in [0.05, 0.1) is 32.4 Å². The van der Waals surface area contributed by atoms with Gasteiger partial charge in [-0.05, 0) is 56.3 Å². The van der Waals surface area contributed by atoms with Crippen molar-refractivity contribution in [1.82, 2.24) is 14.5 Å². The molecule has 0 aliphatic heterocycles. The molecule has 0 saturated heterocycles. The van der Waals surface area contributed by atoms with Crippen molar-refractivity contribution in [2.75, 3.05) is 5.32 Å². The minimum absolute atomic E-state index is 0.00709. The summed E-state index contributed by atoms with van der Waals surface area (Å²) >= 11 is 1.31. The van der Waals surface area contributed by atoms with Gasteiger partial charge in [0.15, 0.2) is 5.16 Å². The molecule has 1 atom stereocenters. The van der Waals surface area contributed by atoms with E-state index in [2.05, 4.69) is 15.3 Å². The molecule has 0 saturated carbocycles. The van der Waals surface area contributed by atoms with Crippen LogP contribution in [0.5, 0.6) is 0 Å². The normalized spacial score (nSPS) is 12.9. The molecule has 0 aliphatic rings. The molecule has 3 N–H and O–H groups in total. The number of carbonyl (C=O) groups excluding carboxylic acids is 1. The topological polar surface area (TPSA) is 120 Å². The molecule has 1 unspecified atom stereocenters. The zero-order valence-corrected chi connectivity index (χ0v) is 18.6. The second kappa shape index (κ2) is 8.29. The van der Waals surface area contributed by atoms with Crippen molar-refractivity contribution in [3.05, 3.63) is 54.7 Å². The molecule has 8 nitrogen and oxygen atoms in total. The van der Waals surface area contributed by atoms with Crippen molar-refractivity contribution in [2.24, 2.45) is 5.14 Å². The Bertz CT molecular complexity index is 1390. The van der Waals surface area contributed by atoms with Gasteiger partial charge in [-0.25, -0.2) is 18.5 Å². The smallest absolute Gasteiger partial charge is 0.238 e. The van der Waals surface area contributed by atoms with E-state index in [9.17, 15) is 13.2 Å². The number of rotatable bonds is 6. The van der Waals surface area contributed by atoms with E-state index >= 15 is 0 Å². The second-order valence-corrected chi connectivity index (χ2v) is 9.83. The van der Waals surface area contributed by atoms with Crippen molar-refractivity contribution in [3.8, 4) is 0 Å². The van der Waals surface area contributed by atoms with Crippen molar-refractivity contribution >= 4 is 55.3 Å². The maximum atomic E-state index is 12.9. The van der Waals surface area contributed by atoms with E-state index in [0.29, 0.717) is 22.9 Å². The summed E-state index contributed by atoms with van der Waals surface area (Å²) in [5.41, 5.74) is 2.80. The highest BCUT2D eigenvalue weighted by molar-refractivity contribution is 8.00. The highest BCUT2D eigenvalue weighted by atomic mass is 32.2. The lowest BCUT2D eigenvalue weighted by Crippen LogP contribution is -2.23. The van der Waals surface area contributed by atoms with Crippen LogP contribution in [0.3, 0.4) is 0 Å². The highest BCUT2D eigenvalue weighted by Gasteiger charge is 2.21. The Hall–Kier alpha value is -2.95. The summed E-state index contributed by atoms with van der Waals surface area (Å²) in [6.45, 7) is 4.39. The molecule has 4 aromatic rings. The maximum absolute atomic E-state index is 12.9. The molecule has 0 bridgehead atoms. The Morgan fingerprint density at radius 3 is 2.74 bits per heavy atom. The molecule has 4 rings (SSSR count). The molecule has 2 aromatic heterocycles. The largest absolute Gasteiger partial charge is 0.324 e. The van der Waals surface area contributed by atoms with Crippen LogP contribution in [0.1, 0.15) is 13.8 Å². The van der Waals surface area contributed by atoms with E-state index in [-0.39, 0.29) is 10.8 Å². The fraction of sp³-hybridized carbons (Fsp3) is 0.190. The average Bonchev–Trinajstić information content (AvgIpc) is 3.09. The lowest BCUT2D eigenvalue weighted by atomic mass is 10.2. The maximum Gasteiger partial charge on any atom is 0.238 e. The third kappa shape index (κ3) is 4.27. The molecule has 0 radical (unpaired) electrons. The predicted octanol–water partition coefficient (Wildman–Crippen LogP) is 3.37. The summed E-state index contributed by atoms with van der Waals surface area (Å²) in [6, 6.07) is 13.9. The quantitative estimate of drug-likeness (QED) is 0.430. The van der Waals surface area contributed by atoms with Gasteiger partial charge in [0.2, 0.25) is 15.9 Å². The minimum Gasteiger partial charge on any atom is -0.324 e. The summed E-state index contributed by atoms with van der Waals surface area (Å²) < 4.78 is 25.2. The van der Waals surface area contributed by atoms with Gasteiger partial charge in [0, 0.05) is 18.1 Å². The van der Waals surface area contributed by atoms with Gasteiger partial charge < -0.3 is 9.88 Å². The number of thioether (sulfide) groups is 1. The number of nitrogens with one attached hydrogen (secondary N) is 1. The molecule has 10 heteroatoms. The number of hydrogen-bond acceptors (Lipinski definition) is 6. The molecule has 160 valence electrons. The number of imidazole rings is 1. The number of fused-ring (bicyclic) bond motifs is 2. The summed E-state index contributed by atoms with van der Waals surface area (Å²) in [5, 5.41) is 9.27. The lowest BCUT2D eigenvalue weighted by molar-refractivity contribution is -0.115. The number of benzene rings is 2. The van der Waals surface area contributed by atoms with Gasteiger partial charge in [0.25, 0.3) is 0 Å². The Morgan fingerprint density at radius 2 is 2.00 bits per heavy atom. The number of pyridine rings is 1. The van der Waals surface area contributed by atoms with Crippen LogP contribution in [-0.2, 0) is 21.4 Å². The van der Waals surface area contributed by atoms with Crippen LogP contribution in [0, 0.1) is 0 Å². The third-order valence-electron chi connectivity index (χ3n) is 4.88. The number of nitrogens with two attached hydrogens (primary N) is 1. The monoisotopic (exact) mass is 455 g/mol. The van der Waals surface area contributed by atoms with Gasteiger partial charge in [0.1, 0.15) is 0 Å². The van der Waals surface area contributed by atoms with Crippen LogP contribution in [-0.4, -0.2) is 34.1 Å². The Balaban J connectivity index is 1.60. The van der Waals surface area contributed by atoms with Crippen LogP contribution in [0.4, 0.5) is 5.69 Å². The van der Waals surface area contributed by atoms with Gasteiger partial charge in [-0.15, -0.1) is 0 Å². The van der Waals surface area contributed by atoms with E-state index in [0.717, 1.165) is 16.4 Å². The minimum atomic E-state index is -3.82. The Morgan fingerprint density at radius 1 is 1.19 bits per heavy atom. The molecule has 1 amide bonds. The number of nitrogens with zero attached hydrogens (tertiary/aromatic N) is 3. The molecular formula is C21H21N5O3S2. The number of primary sulfonamides is 1. The van der Waals surface area contributed by atoms with Crippen LogP contribution in [0.2, 0.25) is 0 Å². The fourth-order valence-electron chi connectivity index (χ4n) is 3.32. The molecule has 2 aromatic carbocycles. The average molecular weight is 456 g/mol. The number of amides is 1. The highest BCUT2D eigenvalue weighted by Crippen LogP contribution is 2.30. The van der Waals surface area contributed by atoms with Gasteiger partial charge in [-0.2, -0.15) is 0 Å². The summed E-state index contributed by atoms with van der Waals surface area (Å²) in [6.07, 6.45) is 1.71. The molecule has 0 spiro atoms. The number of carbonyl (C=O) groups is 1. The van der Waals surface area contributed by atoms with Gasteiger partial charge in [-0.1, -0.05) is 17.8 Å². The summed E-state index contributed by atoms with van der Waals surface area (Å²) in [5.74, 6) is -0.165. The van der Waals surface area contributed by atoms with Crippen molar-refractivity contribution < 1.29 is 13.2 Å². The van der Waals surface area contributed by atoms with Crippen molar-refractivity contribution in [3.63, 3.8) is 0 Å². The number of anilines is 1. The zero-order chi connectivity index (χ0) is 22.2. The standard InChI is InChI=1S/C21H21N5O3S2/c1-3-26-19-10-9-14(31(22,28)29)12-18(19)25-21(26)30-13(2)20(27)24-17-8-4-7-16-15(17)6-5-11-23-16/h4-13H,3H2,1-2H3,(H,24,27)(H2,22,28,29). The molecule has 0 aliphatic carbocycles. The van der Waals surface area contributed by atoms with E-state index in [4.69, 9.17) is 5.14 Å². The van der Waals surface area contributed by atoms with Crippen molar-refractivity contribution in [1.29, 1.82) is 0 Å². The molecular weight excluding hydrogens is 434 g/mol. The first-order valence-corrected chi connectivity index (χ1v) is 12.0. The van der Waals surface area contributed by atoms with E-state index in [1.807, 2.05) is 41.8 Å². The van der Waals surface area contributed by atoms with Crippen LogP contribution < -0.4 is 10.5 Å².